The number of ether oxygens (including phenoxy) is 1. The van der Waals surface area contributed by atoms with Crippen molar-refractivity contribution >= 4 is 10.0 Å². The van der Waals surface area contributed by atoms with E-state index in [9.17, 15) is 8.42 Å². The summed E-state index contributed by atoms with van der Waals surface area (Å²) in [4.78, 5) is 0.306. The molecule has 0 aromatic heterocycles. The summed E-state index contributed by atoms with van der Waals surface area (Å²) in [6, 6.07) is 5.01. The summed E-state index contributed by atoms with van der Waals surface area (Å²) < 4.78 is 32.1. The molecule has 2 N–H and O–H groups in total. The van der Waals surface area contributed by atoms with Gasteiger partial charge in [-0.05, 0) is 37.1 Å². The van der Waals surface area contributed by atoms with E-state index in [2.05, 4.69) is 11.8 Å². The molecule has 0 amide bonds. The molecule has 1 aliphatic rings. The van der Waals surface area contributed by atoms with Gasteiger partial charge in [-0.1, -0.05) is 11.8 Å². The number of nitrogens with two attached hydrogens (primary N) is 1. The van der Waals surface area contributed by atoms with Crippen LogP contribution in [0.3, 0.4) is 0 Å². The second-order valence-corrected chi connectivity index (χ2v) is 6.79. The Morgan fingerprint density at radius 2 is 2.14 bits per heavy atom. The van der Waals surface area contributed by atoms with Crippen molar-refractivity contribution in [3.63, 3.8) is 0 Å². The molecule has 0 saturated carbocycles. The lowest BCUT2D eigenvalue weighted by Gasteiger charge is -2.19. The van der Waals surface area contributed by atoms with E-state index >= 15 is 0 Å². The van der Waals surface area contributed by atoms with Gasteiger partial charge in [0.2, 0.25) is 10.0 Å². The first-order valence-corrected chi connectivity index (χ1v) is 8.37. The van der Waals surface area contributed by atoms with E-state index in [1.807, 2.05) is 6.92 Å². The van der Waals surface area contributed by atoms with Crippen LogP contribution in [0.4, 0.5) is 0 Å². The lowest BCUT2D eigenvalue weighted by Crippen LogP contribution is -2.33. The van der Waals surface area contributed by atoms with Crippen LogP contribution in [-0.4, -0.2) is 45.6 Å². The Morgan fingerprint density at radius 3 is 2.86 bits per heavy atom. The van der Waals surface area contributed by atoms with Gasteiger partial charge in [0.05, 0.1) is 18.0 Å². The molecule has 6 heteroatoms. The zero-order valence-electron chi connectivity index (χ0n) is 12.1. The third kappa shape index (κ3) is 3.83. The van der Waals surface area contributed by atoms with Crippen molar-refractivity contribution in [1.29, 1.82) is 0 Å². The molecule has 1 aromatic carbocycles. The van der Waals surface area contributed by atoms with E-state index in [-0.39, 0.29) is 6.54 Å². The van der Waals surface area contributed by atoms with Crippen LogP contribution in [0, 0.1) is 18.8 Å². The molecule has 0 bridgehead atoms. The van der Waals surface area contributed by atoms with E-state index in [1.165, 1.54) is 4.31 Å². The molecule has 1 aliphatic heterocycles. The fourth-order valence-corrected chi connectivity index (χ4v) is 3.74. The maximum Gasteiger partial charge on any atom is 0.243 e. The SMILES string of the molecule is Cc1cc(S(=O)(=O)N2CCCOCC2)ccc1C#CCN. The number of hydrogen-bond donors (Lipinski definition) is 1. The van der Waals surface area contributed by atoms with Gasteiger partial charge in [0.15, 0.2) is 0 Å². The highest BCUT2D eigenvalue weighted by molar-refractivity contribution is 7.89. The van der Waals surface area contributed by atoms with Gasteiger partial charge in [0, 0.05) is 25.3 Å². The molecular weight excluding hydrogens is 288 g/mol. The minimum absolute atomic E-state index is 0.285. The predicted octanol–water partition coefficient (Wildman–Crippen LogP) is 0.716. The summed E-state index contributed by atoms with van der Waals surface area (Å²) in [6.07, 6.45) is 0.721. The van der Waals surface area contributed by atoms with Gasteiger partial charge in [-0.25, -0.2) is 8.42 Å². The highest BCUT2D eigenvalue weighted by Crippen LogP contribution is 2.20. The Kier molecular flexibility index (Phi) is 5.37. The summed E-state index contributed by atoms with van der Waals surface area (Å²) in [7, 11) is -3.46. The number of nitrogens with zero attached hydrogens (tertiary/aromatic N) is 1. The molecule has 1 fully saturated rings. The Balaban J connectivity index is 2.29. The Hall–Kier alpha value is -1.39. The van der Waals surface area contributed by atoms with Gasteiger partial charge in [-0.3, -0.25) is 0 Å². The number of sulfonamides is 1. The molecule has 1 heterocycles. The van der Waals surface area contributed by atoms with Gasteiger partial charge >= 0.3 is 0 Å². The quantitative estimate of drug-likeness (QED) is 0.817. The molecule has 2 rings (SSSR count). The molecule has 114 valence electrons. The number of hydrogen-bond acceptors (Lipinski definition) is 4. The van der Waals surface area contributed by atoms with Crippen LogP contribution in [0.25, 0.3) is 0 Å². The van der Waals surface area contributed by atoms with Crippen molar-refractivity contribution in [3.05, 3.63) is 29.3 Å². The van der Waals surface area contributed by atoms with E-state index in [0.717, 1.165) is 17.5 Å². The van der Waals surface area contributed by atoms with Crippen LogP contribution in [0.5, 0.6) is 0 Å². The average Bonchev–Trinajstić information content (AvgIpc) is 2.75. The molecule has 1 saturated heterocycles. The molecule has 21 heavy (non-hydrogen) atoms. The van der Waals surface area contributed by atoms with Crippen LogP contribution in [0.2, 0.25) is 0 Å². The summed E-state index contributed by atoms with van der Waals surface area (Å²) in [5.41, 5.74) is 6.99. The van der Waals surface area contributed by atoms with E-state index in [0.29, 0.717) is 31.2 Å². The Labute approximate surface area is 126 Å². The molecule has 1 aromatic rings. The normalized spacial score (nSPS) is 16.9. The number of rotatable bonds is 2. The van der Waals surface area contributed by atoms with Crippen molar-refractivity contribution in [1.82, 2.24) is 4.31 Å². The zero-order valence-corrected chi connectivity index (χ0v) is 12.9. The molecule has 0 atom stereocenters. The largest absolute Gasteiger partial charge is 0.380 e. The maximum absolute atomic E-state index is 12.6. The second-order valence-electron chi connectivity index (χ2n) is 4.85. The third-order valence-corrected chi connectivity index (χ3v) is 5.24. The van der Waals surface area contributed by atoms with Crippen LogP contribution >= 0.6 is 0 Å². The van der Waals surface area contributed by atoms with Crippen LogP contribution in [-0.2, 0) is 14.8 Å². The Morgan fingerprint density at radius 1 is 1.33 bits per heavy atom. The van der Waals surface area contributed by atoms with Crippen molar-refractivity contribution in [3.8, 4) is 11.8 Å². The highest BCUT2D eigenvalue weighted by atomic mass is 32.2. The van der Waals surface area contributed by atoms with E-state index < -0.39 is 10.0 Å². The van der Waals surface area contributed by atoms with Crippen molar-refractivity contribution in [2.75, 3.05) is 32.8 Å². The minimum atomic E-state index is -3.46. The average molecular weight is 308 g/mol. The van der Waals surface area contributed by atoms with E-state index in [1.54, 1.807) is 18.2 Å². The van der Waals surface area contributed by atoms with Gasteiger partial charge in [0.25, 0.3) is 0 Å². The van der Waals surface area contributed by atoms with Gasteiger partial charge in [0.1, 0.15) is 0 Å². The van der Waals surface area contributed by atoms with Crippen LogP contribution in [0.15, 0.2) is 23.1 Å². The number of benzene rings is 1. The standard InChI is InChI=1S/C15H20N2O3S/c1-13-12-15(6-5-14(13)4-2-7-16)21(18,19)17-8-3-10-20-11-9-17/h5-6,12H,3,7-11,16H2,1H3. The van der Waals surface area contributed by atoms with Crippen molar-refractivity contribution in [2.45, 2.75) is 18.2 Å². The lowest BCUT2D eigenvalue weighted by atomic mass is 10.1. The first-order valence-electron chi connectivity index (χ1n) is 6.93. The maximum atomic E-state index is 12.6. The van der Waals surface area contributed by atoms with Crippen molar-refractivity contribution < 1.29 is 13.2 Å². The molecule has 0 spiro atoms. The first kappa shape index (κ1) is 16.0. The van der Waals surface area contributed by atoms with Gasteiger partial charge in [-0.2, -0.15) is 4.31 Å². The topological polar surface area (TPSA) is 72.6 Å². The summed E-state index contributed by atoms with van der Waals surface area (Å²) in [6.45, 7) is 4.08. The van der Waals surface area contributed by atoms with Crippen LogP contribution < -0.4 is 5.73 Å². The molecule has 5 nitrogen and oxygen atoms in total. The van der Waals surface area contributed by atoms with E-state index in [4.69, 9.17) is 10.5 Å². The predicted molar refractivity (Wildman–Crippen MR) is 81.3 cm³/mol. The minimum Gasteiger partial charge on any atom is -0.380 e. The monoisotopic (exact) mass is 308 g/mol. The van der Waals surface area contributed by atoms with Crippen molar-refractivity contribution in [2.24, 2.45) is 5.73 Å². The molecule has 0 aliphatic carbocycles. The highest BCUT2D eigenvalue weighted by Gasteiger charge is 2.25. The smallest absolute Gasteiger partial charge is 0.243 e. The summed E-state index contributed by atoms with van der Waals surface area (Å²) in [5, 5.41) is 0. The first-order chi connectivity index (χ1) is 10.1. The third-order valence-electron chi connectivity index (χ3n) is 3.34. The second kappa shape index (κ2) is 7.05. The van der Waals surface area contributed by atoms with Gasteiger partial charge < -0.3 is 10.5 Å². The zero-order chi connectivity index (χ0) is 15.3. The van der Waals surface area contributed by atoms with Gasteiger partial charge in [-0.15, -0.1) is 0 Å². The molecular formula is C15H20N2O3S. The molecule has 0 radical (unpaired) electrons. The lowest BCUT2D eigenvalue weighted by molar-refractivity contribution is 0.148. The molecule has 0 unspecified atom stereocenters. The summed E-state index contributed by atoms with van der Waals surface area (Å²) >= 11 is 0. The van der Waals surface area contributed by atoms with Crippen LogP contribution in [0.1, 0.15) is 17.5 Å². The summed E-state index contributed by atoms with van der Waals surface area (Å²) in [5.74, 6) is 5.71. The fourth-order valence-electron chi connectivity index (χ4n) is 2.20. The fraction of sp³-hybridized carbons (Fsp3) is 0.467. The Bertz CT molecular complexity index is 651. The number of aryl methyl sites for hydroxylation is 1.